The number of hydrogen-bond donors (Lipinski definition) is 3. The highest BCUT2D eigenvalue weighted by Gasteiger charge is 2.66. The third-order valence-electron chi connectivity index (χ3n) is 14.3. The first-order valence-corrected chi connectivity index (χ1v) is 32.1. The second kappa shape index (κ2) is 20.4. The number of hydrogen-bond acceptors (Lipinski definition) is 17. The summed E-state index contributed by atoms with van der Waals surface area (Å²) < 4.78 is 70.1. The molecule has 24 heteroatoms. The van der Waals surface area contributed by atoms with Gasteiger partial charge in [0.2, 0.25) is 0 Å². The van der Waals surface area contributed by atoms with E-state index in [1.807, 2.05) is 13.8 Å². The Kier molecular flexibility index (Phi) is 16.5. The molecule has 0 spiro atoms. The van der Waals surface area contributed by atoms with Crippen LogP contribution in [0.25, 0.3) is 0 Å². The zero-order valence-electron chi connectivity index (χ0n) is 43.1. The van der Waals surface area contributed by atoms with Crippen molar-refractivity contribution in [2.45, 2.75) is 211 Å². The molecule has 2 aromatic heterocycles. The average Bonchev–Trinajstić information content (AvgIpc) is 3.95. The van der Waals surface area contributed by atoms with Crippen molar-refractivity contribution in [3.8, 4) is 6.07 Å². The van der Waals surface area contributed by atoms with E-state index < -0.39 is 113 Å². The van der Waals surface area contributed by atoms with Crippen molar-refractivity contribution in [2.24, 2.45) is 0 Å². The molecule has 0 aromatic carbocycles. The number of aromatic nitrogens is 4. The predicted octanol–water partition coefficient (Wildman–Crippen LogP) is 5.86. The third-order valence-corrected chi connectivity index (χ3v) is 25.7. The second-order valence-electron chi connectivity index (χ2n) is 22.6. The molecule has 20 nitrogen and oxygen atoms in total. The van der Waals surface area contributed by atoms with Crippen LogP contribution in [-0.2, 0) is 57.9 Å². The minimum atomic E-state index is -4.22. The first-order valence-electron chi connectivity index (χ1n) is 23.7. The van der Waals surface area contributed by atoms with Crippen LogP contribution in [0.2, 0.25) is 36.3 Å². The van der Waals surface area contributed by atoms with Crippen molar-refractivity contribution in [3.63, 3.8) is 0 Å². The predicted molar refractivity (Wildman–Crippen MR) is 265 cm³/mol. The van der Waals surface area contributed by atoms with Gasteiger partial charge in [-0.1, -0.05) is 55.4 Å². The number of ether oxygens (including phenoxy) is 5. The maximum Gasteiger partial charge on any atom is 0.330 e. The highest BCUT2D eigenvalue weighted by molar-refractivity contribution is 8.07. The van der Waals surface area contributed by atoms with Crippen LogP contribution in [0.3, 0.4) is 0 Å². The summed E-state index contributed by atoms with van der Waals surface area (Å²) in [6.45, 7) is 27.6. The third kappa shape index (κ3) is 12.3. The molecule has 0 bridgehead atoms. The molecule has 4 aliphatic rings. The van der Waals surface area contributed by atoms with Gasteiger partial charge >= 0.3 is 18.1 Å². The lowest BCUT2D eigenvalue weighted by molar-refractivity contribution is -0.225. The number of nitriles is 1. The number of rotatable bonds is 18. The van der Waals surface area contributed by atoms with Gasteiger partial charge in [-0.05, 0) is 75.8 Å². The summed E-state index contributed by atoms with van der Waals surface area (Å²) in [5.74, 6) is -1.12. The van der Waals surface area contributed by atoms with Gasteiger partial charge in [-0.15, -0.1) is 0 Å². The van der Waals surface area contributed by atoms with E-state index in [1.165, 1.54) is 21.5 Å². The molecule has 6 rings (SSSR count). The van der Waals surface area contributed by atoms with Crippen LogP contribution in [0.5, 0.6) is 0 Å². The number of fused-ring (bicyclic) bond motifs is 1. The van der Waals surface area contributed by atoms with Gasteiger partial charge < -0.3 is 46.9 Å². The van der Waals surface area contributed by atoms with E-state index in [1.54, 1.807) is 27.7 Å². The van der Waals surface area contributed by atoms with E-state index in [-0.39, 0.29) is 55.1 Å². The van der Waals surface area contributed by atoms with Crippen LogP contribution in [0.15, 0.2) is 31.6 Å². The highest BCUT2D eigenvalue weighted by Crippen LogP contribution is 2.61. The lowest BCUT2D eigenvalue weighted by Gasteiger charge is -2.41. The Hall–Kier alpha value is -2.51. The quantitative estimate of drug-likeness (QED) is 0.117. The SMILES string of the molecule is Cc1cn([C@H]2C[C@H](O[Si](C)(C)C(C)(C)C)[C@@H](COP(=S)(O[C@H]3C[C@H](n4cc(C)c(=O)[nH]c4=O)O[C@@H]3CO[Si](C)(C)C(C)(C)C)O[C@@]3(CC#N)[C@@H](CNC(C)C)O[C@@H]4OC(C)(C)O[C@@H]43)O2)c(=O)[nH]c1=O. The molecule has 2 aromatic rings. The first kappa shape index (κ1) is 55.8. The van der Waals surface area contributed by atoms with E-state index in [2.05, 4.69) is 89.1 Å². The molecule has 69 heavy (non-hydrogen) atoms. The van der Waals surface area contributed by atoms with Crippen molar-refractivity contribution in [3.05, 3.63) is 65.2 Å². The Balaban J connectivity index is 1.45. The van der Waals surface area contributed by atoms with Crippen LogP contribution < -0.4 is 27.8 Å². The number of nitrogens with one attached hydrogen (secondary N) is 3. The molecular formula is C45H75N6O14PSSi2. The molecule has 1 unspecified atom stereocenters. The lowest BCUT2D eigenvalue weighted by atomic mass is 9.89. The van der Waals surface area contributed by atoms with Gasteiger partial charge in [-0.25, -0.2) is 9.59 Å². The molecule has 0 aliphatic carbocycles. The van der Waals surface area contributed by atoms with Crippen LogP contribution in [0.1, 0.15) is 112 Å². The zero-order valence-corrected chi connectivity index (χ0v) is 46.8. The van der Waals surface area contributed by atoms with Crippen molar-refractivity contribution >= 4 is 35.2 Å². The standard InChI is InChI=1S/C45H75N6O14PSSi2/c1-26(2)47-21-33-45(17-18-46,36-39(60-33)62-44(11,12)61-36)65-66(67,56-24-31-30(64-69(15,16)43(8,9)10)20-35(58-31)51-23-28(4)38(53)49-41(51)55)63-29-19-34(50-22-27(3)37(52)48-40(50)54)59-32(29)25-57-68(13,14)42(5,6)7/h22-23,26,29-36,39,47H,17,19-21,24-25H2,1-16H3,(H,48,52,54)(H,49,53,55)/t29-,30-,31+,32+,33+,34+,35+,36-,39+,45-,66?/m0/s1. The van der Waals surface area contributed by atoms with E-state index >= 15 is 0 Å². The van der Waals surface area contributed by atoms with Crippen LogP contribution in [0.4, 0.5) is 0 Å². The van der Waals surface area contributed by atoms with Gasteiger partial charge in [0.15, 0.2) is 28.7 Å². The molecular weight excluding hydrogens is 968 g/mol. The van der Waals surface area contributed by atoms with E-state index in [9.17, 15) is 24.4 Å². The minimum Gasteiger partial charge on any atom is -0.414 e. The van der Waals surface area contributed by atoms with Crippen molar-refractivity contribution in [1.29, 1.82) is 5.26 Å². The Labute approximate surface area is 411 Å². The van der Waals surface area contributed by atoms with Gasteiger partial charge in [0.05, 0.1) is 37.9 Å². The van der Waals surface area contributed by atoms with Crippen molar-refractivity contribution in [1.82, 2.24) is 24.4 Å². The number of aromatic amines is 2. The van der Waals surface area contributed by atoms with Gasteiger partial charge in [-0.2, -0.15) is 5.26 Å². The van der Waals surface area contributed by atoms with Crippen molar-refractivity contribution < 1.29 is 46.1 Å². The zero-order chi connectivity index (χ0) is 51.4. The molecule has 4 aliphatic heterocycles. The molecule has 0 amide bonds. The molecule has 4 saturated heterocycles. The Bertz CT molecular complexity index is 2510. The number of H-pyrrole nitrogens is 2. The summed E-state index contributed by atoms with van der Waals surface area (Å²) in [6, 6.07) is 2.31. The Morgan fingerprint density at radius 2 is 1.38 bits per heavy atom. The molecule has 11 atom stereocenters. The topological polar surface area (TPSA) is 238 Å². The molecule has 388 valence electrons. The number of nitrogens with zero attached hydrogens (tertiary/aromatic N) is 3. The fourth-order valence-electron chi connectivity index (χ4n) is 8.22. The van der Waals surface area contributed by atoms with Crippen molar-refractivity contribution in [2.75, 3.05) is 19.8 Å². The molecule has 4 fully saturated rings. The molecule has 0 radical (unpaired) electrons. The van der Waals surface area contributed by atoms with Gasteiger partial charge in [0.1, 0.15) is 42.5 Å². The first-order chi connectivity index (χ1) is 31.7. The van der Waals surface area contributed by atoms with Gasteiger partial charge in [0.25, 0.3) is 11.1 Å². The fourth-order valence-corrected chi connectivity index (χ4v) is 13.3. The summed E-state index contributed by atoms with van der Waals surface area (Å²) >= 11 is 6.55. The normalized spacial score (nSPS) is 30.5. The summed E-state index contributed by atoms with van der Waals surface area (Å²) in [7, 11) is -4.92. The minimum absolute atomic E-state index is 0.0147. The van der Waals surface area contributed by atoms with Crippen LogP contribution in [-0.4, -0.2) is 116 Å². The monoisotopic (exact) mass is 1040 g/mol. The average molecular weight is 1040 g/mol. The smallest absolute Gasteiger partial charge is 0.330 e. The second-order valence-corrected chi connectivity index (χ2v) is 35.0. The maximum atomic E-state index is 13.4. The highest BCUT2D eigenvalue weighted by atomic mass is 32.5. The summed E-state index contributed by atoms with van der Waals surface area (Å²) in [4.78, 5) is 56.3. The summed E-state index contributed by atoms with van der Waals surface area (Å²) in [6.07, 6.45) is -4.90. The van der Waals surface area contributed by atoms with Gasteiger partial charge in [-0.3, -0.25) is 33.2 Å². The molecule has 0 saturated carbocycles. The van der Waals surface area contributed by atoms with Crippen LogP contribution >= 0.6 is 6.72 Å². The Morgan fingerprint density at radius 3 is 1.88 bits per heavy atom. The molecule has 3 N–H and O–H groups in total. The number of aryl methyl sites for hydroxylation is 2. The maximum absolute atomic E-state index is 13.4. The lowest BCUT2D eigenvalue weighted by Crippen LogP contribution is -2.54. The van der Waals surface area contributed by atoms with E-state index in [0.717, 1.165) is 0 Å². The fraction of sp³-hybridized carbons (Fsp3) is 0.800. The van der Waals surface area contributed by atoms with E-state index in [0.29, 0.717) is 11.1 Å². The molecule has 6 heterocycles. The van der Waals surface area contributed by atoms with E-state index in [4.69, 9.17) is 57.9 Å². The van der Waals surface area contributed by atoms with Gasteiger partial charge in [0, 0.05) is 48.9 Å². The summed E-state index contributed by atoms with van der Waals surface area (Å²) in [5.41, 5.74) is -3.34. The van der Waals surface area contributed by atoms with Crippen LogP contribution in [0, 0.1) is 25.2 Å². The largest absolute Gasteiger partial charge is 0.414 e. The Morgan fingerprint density at radius 1 is 0.855 bits per heavy atom. The summed E-state index contributed by atoms with van der Waals surface area (Å²) in [5, 5.41) is 13.6.